The molecule has 1 aromatic rings. The van der Waals surface area contributed by atoms with Crippen molar-refractivity contribution in [2.24, 2.45) is 29.1 Å². The molecule has 0 aromatic heterocycles. The van der Waals surface area contributed by atoms with Gasteiger partial charge in [0.15, 0.2) is 8.32 Å². The fraction of sp³-hybridized carbons (Fsp3) is 0.727. The third-order valence-electron chi connectivity index (χ3n) is 10.5. The highest BCUT2D eigenvalue weighted by molar-refractivity contribution is 14.1. The molecule has 0 unspecified atom stereocenters. The van der Waals surface area contributed by atoms with Crippen LogP contribution in [0.25, 0.3) is 0 Å². The Morgan fingerprint density at radius 2 is 2.00 bits per heavy atom. The second-order valence-electron chi connectivity index (χ2n) is 14.7. The normalized spacial score (nSPS) is 27.7. The molecular formula is C33H55IN2O5Si. The summed E-state index contributed by atoms with van der Waals surface area (Å²) in [4.78, 5) is 20.6. The van der Waals surface area contributed by atoms with Gasteiger partial charge in [-0.2, -0.15) is 5.06 Å². The number of hydrogen-bond acceptors (Lipinski definition) is 6. The molecule has 2 fully saturated rings. The average molecular weight is 715 g/mol. The van der Waals surface area contributed by atoms with E-state index in [-0.39, 0.29) is 16.4 Å². The fourth-order valence-corrected chi connectivity index (χ4v) is 7.91. The monoisotopic (exact) mass is 714 g/mol. The predicted octanol–water partition coefficient (Wildman–Crippen LogP) is 6.79. The second-order valence-corrected chi connectivity index (χ2v) is 20.6. The maximum absolute atomic E-state index is 14.0. The van der Waals surface area contributed by atoms with Crippen LogP contribution < -0.4 is 10.1 Å². The predicted molar refractivity (Wildman–Crippen MR) is 181 cm³/mol. The van der Waals surface area contributed by atoms with Crippen LogP contribution in [0.15, 0.2) is 30.9 Å². The molecule has 2 N–H and O–H groups in total. The minimum Gasteiger partial charge on any atom is -0.488 e. The van der Waals surface area contributed by atoms with Crippen LogP contribution in [0, 0.1) is 32.7 Å². The van der Waals surface area contributed by atoms with E-state index in [1.165, 1.54) is 6.42 Å². The summed E-state index contributed by atoms with van der Waals surface area (Å²) < 4.78 is 13.6. The van der Waals surface area contributed by atoms with Crippen LogP contribution in [0.3, 0.4) is 0 Å². The number of halogens is 1. The van der Waals surface area contributed by atoms with E-state index in [2.05, 4.69) is 96.0 Å². The summed E-state index contributed by atoms with van der Waals surface area (Å²) in [6.45, 7) is 27.4. The Balaban J connectivity index is 1.88. The molecule has 0 bridgehead atoms. The molecule has 1 amide bonds. The van der Waals surface area contributed by atoms with Crippen LogP contribution in [-0.4, -0.2) is 62.4 Å². The van der Waals surface area contributed by atoms with Gasteiger partial charge in [0.05, 0.1) is 22.8 Å². The second kappa shape index (κ2) is 14.0. The Bertz CT molecular complexity index is 1090. The maximum Gasteiger partial charge on any atom is 0.240 e. The zero-order valence-electron chi connectivity index (χ0n) is 27.5. The van der Waals surface area contributed by atoms with Crippen molar-refractivity contribution in [1.82, 2.24) is 10.4 Å². The van der Waals surface area contributed by atoms with Crippen molar-refractivity contribution in [1.29, 1.82) is 0 Å². The maximum atomic E-state index is 14.0. The molecule has 1 aliphatic heterocycles. The van der Waals surface area contributed by atoms with Crippen LogP contribution in [0.5, 0.6) is 5.75 Å². The molecule has 1 saturated heterocycles. The number of benzene rings is 1. The Hall–Kier alpha value is -0.983. The number of carbonyl (C=O) groups is 1. The zero-order chi connectivity index (χ0) is 31.6. The first-order chi connectivity index (χ1) is 19.4. The van der Waals surface area contributed by atoms with Crippen molar-refractivity contribution in [3.63, 3.8) is 0 Å². The number of ether oxygens (including phenoxy) is 1. The van der Waals surface area contributed by atoms with Crippen molar-refractivity contribution in [2.45, 2.75) is 105 Å². The molecule has 7 nitrogen and oxygen atoms in total. The summed E-state index contributed by atoms with van der Waals surface area (Å²) in [5.41, 5.74) is 1.18. The number of nitrogens with one attached hydrogen (secondary N) is 1. The summed E-state index contributed by atoms with van der Waals surface area (Å²) in [6.07, 6.45) is 1.68. The zero-order valence-corrected chi connectivity index (χ0v) is 30.7. The van der Waals surface area contributed by atoms with E-state index < -0.39 is 32.5 Å². The molecule has 7 atom stereocenters. The standard InChI is InChI=1S/C33H55IN2O5Si/c1-12-16-39-30-24(14-13-15-26(30)34)19-36-29(31(38)35-18-21(2)25-17-22(3)33(25,8)9)28(23(4)37)27(41-36)20-40-42(10,11)32(5,6)7/h12-15,21-23,25,27-29,37H,1,16-20H2,2-11H3,(H,35,38)/t21-,22-,23+,25-,27+,28-,29+/m1/s1. The van der Waals surface area contributed by atoms with E-state index >= 15 is 0 Å². The van der Waals surface area contributed by atoms with Crippen molar-refractivity contribution < 1.29 is 23.9 Å². The molecule has 2 aliphatic rings. The third kappa shape index (κ3) is 7.80. The molecular weight excluding hydrogens is 659 g/mol. The van der Waals surface area contributed by atoms with Gasteiger partial charge in [0.1, 0.15) is 24.5 Å². The molecule has 9 heteroatoms. The molecule has 0 radical (unpaired) electrons. The molecule has 238 valence electrons. The number of aliphatic hydroxyl groups is 1. The first-order valence-electron chi connectivity index (χ1n) is 15.5. The van der Waals surface area contributed by atoms with Crippen LogP contribution in [-0.2, 0) is 20.6 Å². The number of amides is 1. The van der Waals surface area contributed by atoms with Crippen molar-refractivity contribution in [3.05, 3.63) is 40.0 Å². The summed E-state index contributed by atoms with van der Waals surface area (Å²) in [6, 6.07) is 5.30. The van der Waals surface area contributed by atoms with E-state index in [1.54, 1.807) is 18.1 Å². The Labute approximate surface area is 269 Å². The SMILES string of the molecule is C=CCOc1c(I)cccc1CN1O[C@@H](CO[Si](C)(C)C(C)(C)C)[C@@H]([C@H](C)O)[C@H]1C(=O)NC[C@@H](C)[C@H]1C[C@@H](C)C1(C)C. The third-order valence-corrected chi connectivity index (χ3v) is 15.8. The van der Waals surface area contributed by atoms with E-state index in [0.29, 0.717) is 44.1 Å². The smallest absolute Gasteiger partial charge is 0.240 e. The lowest BCUT2D eigenvalue weighted by molar-refractivity contribution is -0.181. The molecule has 1 aliphatic carbocycles. The number of rotatable bonds is 13. The van der Waals surface area contributed by atoms with Crippen molar-refractivity contribution >= 4 is 36.8 Å². The minimum absolute atomic E-state index is 0.0312. The minimum atomic E-state index is -2.08. The fourth-order valence-electron chi connectivity index (χ4n) is 6.19. The van der Waals surface area contributed by atoms with E-state index in [4.69, 9.17) is 14.0 Å². The van der Waals surface area contributed by atoms with Gasteiger partial charge in [-0.1, -0.05) is 73.3 Å². The van der Waals surface area contributed by atoms with Gasteiger partial charge in [-0.25, -0.2) is 0 Å². The number of carbonyl (C=O) groups excluding carboxylic acids is 1. The van der Waals surface area contributed by atoms with Gasteiger partial charge in [0.25, 0.3) is 0 Å². The highest BCUT2D eigenvalue weighted by Crippen LogP contribution is 2.54. The number of hydrogen-bond donors (Lipinski definition) is 2. The van der Waals surface area contributed by atoms with E-state index in [0.717, 1.165) is 14.9 Å². The molecule has 0 spiro atoms. The summed E-state index contributed by atoms with van der Waals surface area (Å²) >= 11 is 2.27. The molecule has 1 aromatic carbocycles. The topological polar surface area (TPSA) is 80.3 Å². The summed E-state index contributed by atoms with van der Waals surface area (Å²) in [5.74, 6) is 1.79. The highest BCUT2D eigenvalue weighted by Gasteiger charge is 2.51. The number of para-hydroxylation sites is 1. The summed E-state index contributed by atoms with van der Waals surface area (Å²) in [5, 5.41) is 16.1. The average Bonchev–Trinajstić information content (AvgIpc) is 3.26. The number of nitrogens with zero attached hydrogens (tertiary/aromatic N) is 1. The van der Waals surface area contributed by atoms with Gasteiger partial charge in [-0.05, 0) is 83.3 Å². The highest BCUT2D eigenvalue weighted by atomic mass is 127. The number of aliphatic hydroxyl groups excluding tert-OH is 1. The summed E-state index contributed by atoms with van der Waals surface area (Å²) in [7, 11) is -2.08. The molecule has 3 rings (SSSR count). The van der Waals surface area contributed by atoms with Gasteiger partial charge < -0.3 is 19.6 Å². The largest absolute Gasteiger partial charge is 0.488 e. The van der Waals surface area contributed by atoms with E-state index in [9.17, 15) is 9.90 Å². The van der Waals surface area contributed by atoms with Gasteiger partial charge in [0.2, 0.25) is 5.91 Å². The van der Waals surface area contributed by atoms with Gasteiger partial charge in [0, 0.05) is 18.0 Å². The van der Waals surface area contributed by atoms with Crippen LogP contribution in [0.4, 0.5) is 0 Å². The Morgan fingerprint density at radius 3 is 2.55 bits per heavy atom. The van der Waals surface area contributed by atoms with Crippen LogP contribution >= 0.6 is 22.6 Å². The van der Waals surface area contributed by atoms with Crippen LogP contribution in [0.2, 0.25) is 18.1 Å². The molecule has 1 saturated carbocycles. The first kappa shape index (κ1) is 35.5. The lowest BCUT2D eigenvalue weighted by Gasteiger charge is -2.53. The lowest BCUT2D eigenvalue weighted by atomic mass is 9.52. The molecule has 1 heterocycles. The molecule has 42 heavy (non-hydrogen) atoms. The van der Waals surface area contributed by atoms with Gasteiger partial charge in [-0.3, -0.25) is 9.63 Å². The van der Waals surface area contributed by atoms with Crippen molar-refractivity contribution in [3.8, 4) is 5.75 Å². The van der Waals surface area contributed by atoms with Crippen molar-refractivity contribution in [2.75, 3.05) is 19.8 Å². The van der Waals surface area contributed by atoms with Crippen LogP contribution in [0.1, 0.15) is 67.4 Å². The Morgan fingerprint density at radius 1 is 1.33 bits per heavy atom. The van der Waals surface area contributed by atoms with E-state index in [1.807, 2.05) is 18.2 Å². The quantitative estimate of drug-likeness (QED) is 0.133. The number of hydroxylamine groups is 2. The first-order valence-corrected chi connectivity index (χ1v) is 19.4. The Kier molecular flexibility index (Phi) is 11.8. The van der Waals surface area contributed by atoms with Gasteiger partial charge >= 0.3 is 0 Å². The van der Waals surface area contributed by atoms with Gasteiger partial charge in [-0.15, -0.1) is 0 Å². The lowest BCUT2D eigenvalue weighted by Crippen LogP contribution is -2.52.